The van der Waals surface area contributed by atoms with E-state index in [1.165, 1.54) is 17.3 Å². The molecule has 0 aliphatic heterocycles. The van der Waals surface area contributed by atoms with E-state index >= 15 is 0 Å². The number of hydrogen-bond donors (Lipinski definition) is 1. The molecular formula is C27H27ClN4OS. The summed E-state index contributed by atoms with van der Waals surface area (Å²) in [6.45, 7) is 8.50. The Morgan fingerprint density at radius 3 is 2.35 bits per heavy atom. The number of benzene rings is 3. The molecule has 0 aliphatic carbocycles. The van der Waals surface area contributed by atoms with Crippen LogP contribution in [-0.4, -0.2) is 26.4 Å². The lowest BCUT2D eigenvalue weighted by Crippen LogP contribution is -2.15. The van der Waals surface area contributed by atoms with Crippen LogP contribution in [0.2, 0.25) is 5.02 Å². The topological polar surface area (TPSA) is 59.8 Å². The minimum atomic E-state index is -0.117. The molecule has 0 radical (unpaired) electrons. The van der Waals surface area contributed by atoms with Crippen LogP contribution in [0, 0.1) is 6.92 Å². The molecule has 0 bridgehead atoms. The van der Waals surface area contributed by atoms with E-state index in [0.717, 1.165) is 28.3 Å². The molecule has 7 heteroatoms. The van der Waals surface area contributed by atoms with Gasteiger partial charge in [-0.3, -0.25) is 9.36 Å². The second kappa shape index (κ2) is 10.0. The Bertz CT molecular complexity index is 1290. The molecule has 0 atom stereocenters. The highest BCUT2D eigenvalue weighted by Crippen LogP contribution is 2.30. The van der Waals surface area contributed by atoms with Crippen molar-refractivity contribution >= 4 is 35.0 Å². The minimum absolute atomic E-state index is 0.0719. The third kappa shape index (κ3) is 5.51. The zero-order valence-corrected chi connectivity index (χ0v) is 21.2. The number of nitrogens with zero attached hydrogens (tertiary/aromatic N) is 3. The number of amides is 1. The molecule has 174 valence electrons. The fourth-order valence-corrected chi connectivity index (χ4v) is 4.54. The highest BCUT2D eigenvalue weighted by atomic mass is 35.5. The molecule has 4 aromatic rings. The Kier molecular flexibility index (Phi) is 7.10. The monoisotopic (exact) mass is 490 g/mol. The SMILES string of the molecule is Cc1cc(Cl)ccc1NC(=O)CSc1nnc(-c2ccc(C(C)(C)C)cc2)n1-c1ccccc1. The molecule has 0 aliphatic rings. The lowest BCUT2D eigenvalue weighted by Gasteiger charge is -2.19. The van der Waals surface area contributed by atoms with Gasteiger partial charge in [0.2, 0.25) is 5.91 Å². The van der Waals surface area contributed by atoms with E-state index in [1.54, 1.807) is 6.07 Å². The average molecular weight is 491 g/mol. The lowest BCUT2D eigenvalue weighted by molar-refractivity contribution is -0.113. The Morgan fingerprint density at radius 1 is 1.00 bits per heavy atom. The van der Waals surface area contributed by atoms with Crippen LogP contribution in [0.15, 0.2) is 78.0 Å². The van der Waals surface area contributed by atoms with Gasteiger partial charge in [-0.05, 0) is 53.8 Å². The highest BCUT2D eigenvalue weighted by molar-refractivity contribution is 7.99. The number of halogens is 1. The Balaban J connectivity index is 1.59. The molecule has 1 aromatic heterocycles. The van der Waals surface area contributed by atoms with Gasteiger partial charge in [0, 0.05) is 22.0 Å². The van der Waals surface area contributed by atoms with Crippen LogP contribution in [0.5, 0.6) is 0 Å². The van der Waals surface area contributed by atoms with Gasteiger partial charge in [-0.25, -0.2) is 0 Å². The number of carbonyl (C=O) groups excluding carboxylic acids is 1. The second-order valence-corrected chi connectivity index (χ2v) is 10.5. The summed E-state index contributed by atoms with van der Waals surface area (Å²) in [5.74, 6) is 0.827. The summed E-state index contributed by atoms with van der Waals surface area (Å²) in [5, 5.41) is 13.2. The van der Waals surface area contributed by atoms with Crippen LogP contribution in [0.1, 0.15) is 31.9 Å². The molecule has 1 N–H and O–H groups in total. The van der Waals surface area contributed by atoms with Crippen molar-refractivity contribution in [3.63, 3.8) is 0 Å². The first kappa shape index (κ1) is 24.0. The van der Waals surface area contributed by atoms with Crippen LogP contribution in [0.3, 0.4) is 0 Å². The summed E-state index contributed by atoms with van der Waals surface area (Å²) in [6, 6.07) is 23.8. The standard InChI is InChI=1S/C27H27ClN4OS/c1-18-16-21(28)14-15-23(18)29-24(33)17-34-26-31-30-25(32(26)22-8-6-5-7-9-22)19-10-12-20(13-11-19)27(2,3)4/h5-16H,17H2,1-4H3,(H,29,33). The molecule has 0 saturated carbocycles. The van der Waals surface area contributed by atoms with Gasteiger partial charge < -0.3 is 5.32 Å². The molecule has 5 nitrogen and oxygen atoms in total. The maximum Gasteiger partial charge on any atom is 0.234 e. The van der Waals surface area contributed by atoms with Crippen LogP contribution in [0.25, 0.3) is 17.1 Å². The van der Waals surface area contributed by atoms with E-state index in [0.29, 0.717) is 10.2 Å². The van der Waals surface area contributed by atoms with Gasteiger partial charge in [0.1, 0.15) is 0 Å². The molecule has 34 heavy (non-hydrogen) atoms. The van der Waals surface area contributed by atoms with E-state index in [9.17, 15) is 4.79 Å². The third-order valence-electron chi connectivity index (χ3n) is 5.45. The van der Waals surface area contributed by atoms with Gasteiger partial charge in [-0.2, -0.15) is 0 Å². The zero-order chi connectivity index (χ0) is 24.3. The number of aromatic nitrogens is 3. The summed E-state index contributed by atoms with van der Waals surface area (Å²) in [7, 11) is 0. The van der Waals surface area contributed by atoms with Crippen LogP contribution >= 0.6 is 23.4 Å². The fourth-order valence-electron chi connectivity index (χ4n) is 3.56. The van der Waals surface area contributed by atoms with Crippen LogP contribution in [-0.2, 0) is 10.2 Å². The normalized spacial score (nSPS) is 11.4. The van der Waals surface area contributed by atoms with Gasteiger partial charge in [0.15, 0.2) is 11.0 Å². The van der Waals surface area contributed by atoms with Crippen molar-refractivity contribution in [3.8, 4) is 17.1 Å². The zero-order valence-electron chi connectivity index (χ0n) is 19.7. The van der Waals surface area contributed by atoms with Crippen molar-refractivity contribution in [2.75, 3.05) is 11.1 Å². The summed E-state index contributed by atoms with van der Waals surface area (Å²) in [5.41, 5.74) is 4.91. The highest BCUT2D eigenvalue weighted by Gasteiger charge is 2.19. The Hall–Kier alpha value is -3.09. The first-order chi connectivity index (χ1) is 16.2. The molecule has 4 rings (SSSR count). The predicted molar refractivity (Wildman–Crippen MR) is 141 cm³/mol. The smallest absolute Gasteiger partial charge is 0.234 e. The number of anilines is 1. The van der Waals surface area contributed by atoms with Crippen LogP contribution in [0.4, 0.5) is 5.69 Å². The van der Waals surface area contributed by atoms with Gasteiger partial charge >= 0.3 is 0 Å². The molecule has 0 spiro atoms. The second-order valence-electron chi connectivity index (χ2n) is 9.10. The lowest BCUT2D eigenvalue weighted by atomic mass is 9.87. The molecular weight excluding hydrogens is 464 g/mol. The van der Waals surface area contributed by atoms with E-state index in [1.807, 2.05) is 54.0 Å². The van der Waals surface area contributed by atoms with Crippen molar-refractivity contribution < 1.29 is 4.79 Å². The van der Waals surface area contributed by atoms with Crippen molar-refractivity contribution in [1.82, 2.24) is 14.8 Å². The van der Waals surface area contributed by atoms with Crippen molar-refractivity contribution in [1.29, 1.82) is 0 Å². The molecule has 0 saturated heterocycles. The Morgan fingerprint density at radius 2 is 1.71 bits per heavy atom. The van der Waals surface area contributed by atoms with Crippen molar-refractivity contribution in [2.45, 2.75) is 38.3 Å². The summed E-state index contributed by atoms with van der Waals surface area (Å²) < 4.78 is 2.00. The van der Waals surface area contributed by atoms with E-state index in [2.05, 4.69) is 60.6 Å². The first-order valence-electron chi connectivity index (χ1n) is 11.0. The van der Waals surface area contributed by atoms with Gasteiger partial charge in [-0.15, -0.1) is 10.2 Å². The molecule has 0 unspecified atom stereocenters. The quantitative estimate of drug-likeness (QED) is 0.298. The molecule has 1 heterocycles. The maximum absolute atomic E-state index is 12.7. The number of rotatable bonds is 6. The predicted octanol–water partition coefficient (Wildman–Crippen LogP) is 6.92. The van der Waals surface area contributed by atoms with E-state index in [4.69, 9.17) is 11.6 Å². The van der Waals surface area contributed by atoms with Gasteiger partial charge in [-0.1, -0.05) is 86.6 Å². The first-order valence-corrected chi connectivity index (χ1v) is 12.4. The number of nitrogens with one attached hydrogen (secondary N) is 1. The number of aryl methyl sites for hydroxylation is 1. The van der Waals surface area contributed by atoms with E-state index < -0.39 is 0 Å². The van der Waals surface area contributed by atoms with Gasteiger partial charge in [0.25, 0.3) is 0 Å². The summed E-state index contributed by atoms with van der Waals surface area (Å²) in [6.07, 6.45) is 0. The van der Waals surface area contributed by atoms with E-state index in [-0.39, 0.29) is 17.1 Å². The maximum atomic E-state index is 12.7. The Labute approximate surface area is 209 Å². The number of hydrogen-bond acceptors (Lipinski definition) is 4. The van der Waals surface area contributed by atoms with Gasteiger partial charge in [0.05, 0.1) is 5.75 Å². The average Bonchev–Trinajstić information content (AvgIpc) is 3.24. The fraction of sp³-hybridized carbons (Fsp3) is 0.222. The summed E-state index contributed by atoms with van der Waals surface area (Å²) in [4.78, 5) is 12.7. The molecule has 1 amide bonds. The largest absolute Gasteiger partial charge is 0.325 e. The molecule has 3 aromatic carbocycles. The van der Waals surface area contributed by atoms with Crippen molar-refractivity contribution in [3.05, 3.63) is 88.9 Å². The number of carbonyl (C=O) groups is 1. The molecule has 0 fully saturated rings. The van der Waals surface area contributed by atoms with Crippen molar-refractivity contribution in [2.24, 2.45) is 0 Å². The third-order valence-corrected chi connectivity index (χ3v) is 6.62. The minimum Gasteiger partial charge on any atom is -0.325 e. The number of thioether (sulfide) groups is 1. The summed E-state index contributed by atoms with van der Waals surface area (Å²) >= 11 is 7.37. The van der Waals surface area contributed by atoms with Crippen LogP contribution < -0.4 is 5.32 Å². The number of para-hydroxylation sites is 1.